The number of aromatic nitrogens is 1. The van der Waals surface area contributed by atoms with E-state index in [0.29, 0.717) is 12.3 Å². The first kappa shape index (κ1) is 22.2. The number of hydrogen-bond donors (Lipinski definition) is 3. The van der Waals surface area contributed by atoms with Gasteiger partial charge in [-0.2, -0.15) is 0 Å². The molecule has 1 heterocycles. The highest BCUT2D eigenvalue weighted by Crippen LogP contribution is 2.34. The molecule has 0 atom stereocenters. The van der Waals surface area contributed by atoms with Gasteiger partial charge in [0.2, 0.25) is 5.91 Å². The molecule has 0 spiro atoms. The van der Waals surface area contributed by atoms with Gasteiger partial charge in [0.1, 0.15) is 5.75 Å². The molecule has 4 N–H and O–H groups in total. The fourth-order valence-corrected chi connectivity index (χ4v) is 4.01. The Morgan fingerprint density at radius 2 is 1.97 bits per heavy atom. The Hall–Kier alpha value is -2.48. The number of amides is 1. The van der Waals surface area contributed by atoms with Gasteiger partial charge < -0.3 is 19.1 Å². The zero-order valence-electron chi connectivity index (χ0n) is 16.7. The van der Waals surface area contributed by atoms with Crippen LogP contribution < -0.4 is 25.8 Å². The molecule has 0 saturated heterocycles. The molecule has 160 valence electrons. The summed E-state index contributed by atoms with van der Waals surface area (Å²) in [5, 5.41) is 0.876. The van der Waals surface area contributed by atoms with E-state index in [4.69, 9.17) is 15.5 Å². The molecule has 3 rings (SSSR count). The van der Waals surface area contributed by atoms with Crippen molar-refractivity contribution in [1.29, 1.82) is 0 Å². The summed E-state index contributed by atoms with van der Waals surface area (Å²) >= 11 is 0. The van der Waals surface area contributed by atoms with Crippen molar-refractivity contribution in [1.82, 2.24) is 9.99 Å². The van der Waals surface area contributed by atoms with E-state index in [2.05, 4.69) is 9.99 Å². The molecule has 0 aliphatic carbocycles. The van der Waals surface area contributed by atoms with Crippen molar-refractivity contribution in [2.24, 2.45) is 5.84 Å². The number of hydrogen-bond acceptors (Lipinski definition) is 6. The molecule has 0 aliphatic heterocycles. The molecule has 8 nitrogen and oxygen atoms in total. The summed E-state index contributed by atoms with van der Waals surface area (Å²) in [7, 11) is -4.28. The van der Waals surface area contributed by atoms with E-state index in [9.17, 15) is 14.6 Å². The summed E-state index contributed by atoms with van der Waals surface area (Å²) in [5.41, 5.74) is 6.09. The zero-order valence-corrected chi connectivity index (χ0v) is 17.6. The summed E-state index contributed by atoms with van der Waals surface area (Å²) in [6.07, 6.45) is -0.0104. The highest BCUT2D eigenvalue weighted by atomic mass is 31.2. The molecule has 30 heavy (non-hydrogen) atoms. The highest BCUT2D eigenvalue weighted by molar-refractivity contribution is 7.55. The first-order valence-electron chi connectivity index (χ1n) is 9.59. The number of ether oxygens (including phenoxy) is 1. The molecular weight excluding hydrogens is 405 g/mol. The van der Waals surface area contributed by atoms with Crippen molar-refractivity contribution >= 4 is 24.8 Å². The van der Waals surface area contributed by atoms with Gasteiger partial charge in [-0.3, -0.25) is 15.1 Å². The molecule has 0 fully saturated rings. The molecule has 0 aliphatic rings. The summed E-state index contributed by atoms with van der Waals surface area (Å²) in [6, 6.07) is 15.6. The average Bonchev–Trinajstić information content (AvgIpc) is 2.96. The topological polar surface area (TPSA) is 136 Å². The number of fused-ring (bicyclic) bond motifs is 1. The molecule has 0 saturated carbocycles. The predicted octanol–water partition coefficient (Wildman–Crippen LogP) is 0.775. The number of nitrogens with zero attached hydrogens (tertiary/aromatic N) is 1. The van der Waals surface area contributed by atoms with Crippen LogP contribution in [0, 0.1) is 6.92 Å². The molecular formula is C21H25N3O5P-. The maximum absolute atomic E-state index is 12.0. The van der Waals surface area contributed by atoms with Crippen LogP contribution in [0.4, 0.5) is 0 Å². The minimum atomic E-state index is -4.28. The van der Waals surface area contributed by atoms with Crippen LogP contribution in [-0.2, 0) is 17.8 Å². The molecule has 1 amide bonds. The van der Waals surface area contributed by atoms with Gasteiger partial charge >= 0.3 is 0 Å². The number of nitrogens with one attached hydrogen (secondary N) is 1. The smallest absolute Gasteiger partial charge is 0.238 e. The Balaban J connectivity index is 1.91. The van der Waals surface area contributed by atoms with Gasteiger partial charge in [-0.1, -0.05) is 30.3 Å². The first-order chi connectivity index (χ1) is 14.3. The normalized spacial score (nSPS) is 11.6. The summed E-state index contributed by atoms with van der Waals surface area (Å²) in [6.45, 7) is 2.78. The van der Waals surface area contributed by atoms with Crippen LogP contribution in [0.1, 0.15) is 23.2 Å². The Labute approximate surface area is 175 Å². The predicted molar refractivity (Wildman–Crippen MR) is 112 cm³/mol. The largest absolute Gasteiger partial charge is 0.660 e. The van der Waals surface area contributed by atoms with Crippen LogP contribution in [0.25, 0.3) is 10.9 Å². The number of carbonyl (C=O) groups excluding carboxylic acids is 1. The van der Waals surface area contributed by atoms with Crippen molar-refractivity contribution in [3.05, 3.63) is 65.4 Å². The van der Waals surface area contributed by atoms with Gasteiger partial charge in [0, 0.05) is 37.5 Å². The van der Waals surface area contributed by atoms with Gasteiger partial charge in [0.25, 0.3) is 0 Å². The molecule has 3 aromatic rings. The SMILES string of the molecule is Cc1c(CC(=O)NN)c2cc(OCCC[P+]([O-])([O-])O)ccc2n1Cc1ccccc1. The van der Waals surface area contributed by atoms with E-state index >= 15 is 0 Å². The lowest BCUT2D eigenvalue weighted by molar-refractivity contribution is -0.331. The fraction of sp³-hybridized carbons (Fsp3) is 0.286. The second-order valence-corrected chi connectivity index (χ2v) is 8.84. The first-order valence-corrected chi connectivity index (χ1v) is 11.4. The standard InChI is InChI=1S/C21H26N3O5P/c1-15-18(13-21(25)23-22)19-12-17(29-10-5-11-30(26,27)28)8-9-20(19)24(15)14-16-6-3-2-4-7-16/h2-4,6-9,12H,5,10-11,13-14,22H2,1H3,(H,23,25)(H2,26,27,28)/p-1. The van der Waals surface area contributed by atoms with Crippen molar-refractivity contribution in [3.63, 3.8) is 0 Å². The van der Waals surface area contributed by atoms with E-state index in [1.54, 1.807) is 0 Å². The van der Waals surface area contributed by atoms with E-state index in [-0.39, 0.29) is 31.5 Å². The Morgan fingerprint density at radius 3 is 2.63 bits per heavy atom. The van der Waals surface area contributed by atoms with Crippen molar-refractivity contribution in [3.8, 4) is 5.75 Å². The van der Waals surface area contributed by atoms with Crippen LogP contribution in [0.3, 0.4) is 0 Å². The zero-order chi connectivity index (χ0) is 21.7. The van der Waals surface area contributed by atoms with Crippen molar-refractivity contribution < 1.29 is 24.2 Å². The quantitative estimate of drug-likeness (QED) is 0.151. The minimum absolute atomic E-state index is 0.133. The maximum atomic E-state index is 12.0. The van der Waals surface area contributed by atoms with Gasteiger partial charge in [-0.25, -0.2) is 5.84 Å². The monoisotopic (exact) mass is 430 g/mol. The second kappa shape index (κ2) is 9.55. The Morgan fingerprint density at radius 1 is 1.23 bits per heavy atom. The van der Waals surface area contributed by atoms with Crippen LogP contribution >= 0.6 is 7.94 Å². The Bertz CT molecular complexity index is 1010. The molecule has 0 unspecified atom stereocenters. The third-order valence-electron chi connectivity index (χ3n) is 4.96. The van der Waals surface area contributed by atoms with Gasteiger partial charge in [-0.05, 0) is 36.2 Å². The number of hydrazine groups is 1. The lowest BCUT2D eigenvalue weighted by Crippen LogP contribution is -2.31. The highest BCUT2D eigenvalue weighted by Gasteiger charge is 2.17. The van der Waals surface area contributed by atoms with Gasteiger partial charge in [-0.15, -0.1) is 0 Å². The molecule has 2 aromatic carbocycles. The fourth-order valence-electron chi connectivity index (χ4n) is 3.48. The number of carbonyl (C=O) groups is 1. The lowest BCUT2D eigenvalue weighted by Gasteiger charge is -2.27. The molecule has 0 bridgehead atoms. The number of benzene rings is 2. The van der Waals surface area contributed by atoms with Crippen molar-refractivity contribution in [2.75, 3.05) is 12.8 Å². The third-order valence-corrected chi connectivity index (χ3v) is 5.84. The summed E-state index contributed by atoms with van der Waals surface area (Å²) < 4.78 is 7.80. The van der Waals surface area contributed by atoms with E-state index < -0.39 is 7.94 Å². The average molecular weight is 430 g/mol. The van der Waals surface area contributed by atoms with Gasteiger partial charge in [0.05, 0.1) is 19.2 Å². The second-order valence-electron chi connectivity index (χ2n) is 7.12. The van der Waals surface area contributed by atoms with Gasteiger partial charge in [0.15, 0.2) is 0 Å². The third kappa shape index (κ3) is 5.56. The van der Waals surface area contributed by atoms with Crippen LogP contribution in [0.5, 0.6) is 5.75 Å². The lowest BCUT2D eigenvalue weighted by atomic mass is 10.1. The number of rotatable bonds is 9. The van der Waals surface area contributed by atoms with E-state index in [0.717, 1.165) is 27.7 Å². The molecule has 0 radical (unpaired) electrons. The van der Waals surface area contributed by atoms with Crippen LogP contribution in [0.15, 0.2) is 48.5 Å². The number of nitrogens with two attached hydrogens (primary N) is 1. The summed E-state index contributed by atoms with van der Waals surface area (Å²) in [5.74, 6) is 5.56. The Kier molecular flexibility index (Phi) is 7.07. The van der Waals surface area contributed by atoms with Crippen molar-refractivity contribution in [2.45, 2.75) is 26.3 Å². The molecule has 1 aromatic heterocycles. The van der Waals surface area contributed by atoms with E-state index in [1.807, 2.05) is 55.5 Å². The molecule has 9 heteroatoms. The summed E-state index contributed by atoms with van der Waals surface area (Å²) in [4.78, 5) is 42.5. The van der Waals surface area contributed by atoms with Crippen LogP contribution in [-0.4, -0.2) is 28.1 Å². The maximum Gasteiger partial charge on any atom is 0.238 e. The van der Waals surface area contributed by atoms with E-state index in [1.165, 1.54) is 0 Å². The minimum Gasteiger partial charge on any atom is -0.660 e. The van der Waals surface area contributed by atoms with Crippen LogP contribution in [0.2, 0.25) is 0 Å².